The summed E-state index contributed by atoms with van der Waals surface area (Å²) < 4.78 is 7.14. The SMILES string of the molecule is O=C(c1ccc(Cl)cc1)[C@@H]1Oc2ccccc2[C@H]2CC(c3ccc(Br)cc3)=NN21. The third-order valence-corrected chi connectivity index (χ3v) is 6.01. The minimum atomic E-state index is -0.816. The van der Waals surface area contributed by atoms with E-state index in [1.165, 1.54) is 0 Å². The molecule has 0 radical (unpaired) electrons. The molecular weight excluding hydrogens is 452 g/mol. The number of ether oxygens (including phenoxy) is 1. The topological polar surface area (TPSA) is 41.9 Å². The maximum atomic E-state index is 13.3. The molecule has 144 valence electrons. The zero-order valence-corrected chi connectivity index (χ0v) is 17.6. The minimum Gasteiger partial charge on any atom is -0.461 e. The molecule has 5 rings (SSSR count). The van der Waals surface area contributed by atoms with Gasteiger partial charge in [-0.2, -0.15) is 5.10 Å². The lowest BCUT2D eigenvalue weighted by atomic mass is 9.96. The van der Waals surface area contributed by atoms with Gasteiger partial charge in [0.2, 0.25) is 5.78 Å². The number of carbonyl (C=O) groups excluding carboxylic acids is 1. The summed E-state index contributed by atoms with van der Waals surface area (Å²) in [5.41, 5.74) is 3.57. The minimum absolute atomic E-state index is 0.0418. The molecule has 2 atom stereocenters. The van der Waals surface area contributed by atoms with Gasteiger partial charge < -0.3 is 4.74 Å². The van der Waals surface area contributed by atoms with Gasteiger partial charge in [0, 0.05) is 27.0 Å². The number of benzene rings is 3. The van der Waals surface area contributed by atoms with Crippen LogP contribution in [0.15, 0.2) is 82.4 Å². The molecule has 0 saturated carbocycles. The van der Waals surface area contributed by atoms with Gasteiger partial charge in [-0.15, -0.1) is 0 Å². The number of carbonyl (C=O) groups is 1. The van der Waals surface area contributed by atoms with E-state index in [9.17, 15) is 4.79 Å². The average Bonchev–Trinajstić information content (AvgIpc) is 3.19. The van der Waals surface area contributed by atoms with E-state index in [0.717, 1.165) is 27.1 Å². The Hall–Kier alpha value is -2.63. The van der Waals surface area contributed by atoms with Crippen LogP contribution in [-0.4, -0.2) is 22.7 Å². The van der Waals surface area contributed by atoms with Gasteiger partial charge >= 0.3 is 0 Å². The molecule has 0 aromatic heterocycles. The van der Waals surface area contributed by atoms with E-state index in [0.29, 0.717) is 17.0 Å². The van der Waals surface area contributed by atoms with Gasteiger partial charge in [-0.1, -0.05) is 57.9 Å². The van der Waals surface area contributed by atoms with Gasteiger partial charge in [-0.25, -0.2) is 5.01 Å². The molecule has 6 heteroatoms. The lowest BCUT2D eigenvalue weighted by Crippen LogP contribution is -2.45. The Balaban J connectivity index is 1.55. The fourth-order valence-corrected chi connectivity index (χ4v) is 4.17. The molecule has 2 aliphatic heterocycles. The van der Waals surface area contributed by atoms with Gasteiger partial charge in [0.15, 0.2) is 0 Å². The Bertz CT molecular complexity index is 1110. The van der Waals surface area contributed by atoms with E-state index >= 15 is 0 Å². The van der Waals surface area contributed by atoms with Crippen LogP contribution in [0, 0.1) is 0 Å². The summed E-state index contributed by atoms with van der Waals surface area (Å²) in [4.78, 5) is 13.3. The molecular formula is C23H16BrClN2O2. The smallest absolute Gasteiger partial charge is 0.251 e. The number of hydrazone groups is 1. The van der Waals surface area contributed by atoms with Crippen molar-refractivity contribution >= 4 is 39.0 Å². The van der Waals surface area contributed by atoms with Crippen molar-refractivity contribution in [1.29, 1.82) is 0 Å². The summed E-state index contributed by atoms with van der Waals surface area (Å²) in [6.07, 6.45) is -0.101. The molecule has 0 amide bonds. The Morgan fingerprint density at radius 3 is 2.52 bits per heavy atom. The zero-order chi connectivity index (χ0) is 20.0. The molecule has 0 bridgehead atoms. The van der Waals surface area contributed by atoms with Gasteiger partial charge in [0.25, 0.3) is 6.23 Å². The second-order valence-corrected chi connectivity index (χ2v) is 8.38. The normalized spacial score (nSPS) is 19.8. The van der Waals surface area contributed by atoms with Crippen molar-refractivity contribution in [3.8, 4) is 5.75 Å². The number of halogens is 2. The standard InChI is InChI=1S/C23H16BrClN2O2/c24-16-9-5-14(6-10-16)19-13-20-18-3-1-2-4-21(18)29-23(27(20)26-19)22(28)15-7-11-17(25)12-8-15/h1-12,20,23H,13H2/t20-,23+/m1/s1. The molecule has 0 fully saturated rings. The second-order valence-electron chi connectivity index (χ2n) is 7.03. The zero-order valence-electron chi connectivity index (χ0n) is 15.3. The number of ketones is 1. The monoisotopic (exact) mass is 466 g/mol. The van der Waals surface area contributed by atoms with Crippen molar-refractivity contribution < 1.29 is 9.53 Å². The molecule has 0 spiro atoms. The van der Waals surface area contributed by atoms with E-state index < -0.39 is 6.23 Å². The van der Waals surface area contributed by atoms with Crippen LogP contribution in [0.5, 0.6) is 5.75 Å². The lowest BCUT2D eigenvalue weighted by Gasteiger charge is -2.37. The maximum Gasteiger partial charge on any atom is 0.251 e. The summed E-state index contributed by atoms with van der Waals surface area (Å²) in [6, 6.07) is 22.7. The third-order valence-electron chi connectivity index (χ3n) is 5.23. The summed E-state index contributed by atoms with van der Waals surface area (Å²) in [6.45, 7) is 0. The predicted molar refractivity (Wildman–Crippen MR) is 117 cm³/mol. The predicted octanol–water partition coefficient (Wildman–Crippen LogP) is 5.86. The summed E-state index contributed by atoms with van der Waals surface area (Å²) in [5, 5.41) is 7.21. The molecule has 4 nitrogen and oxygen atoms in total. The third kappa shape index (κ3) is 3.34. The quantitative estimate of drug-likeness (QED) is 0.453. The van der Waals surface area contributed by atoms with Gasteiger partial charge in [0.1, 0.15) is 5.75 Å². The molecule has 0 unspecified atom stereocenters. The van der Waals surface area contributed by atoms with Crippen LogP contribution in [0.1, 0.15) is 33.9 Å². The van der Waals surface area contributed by atoms with E-state index in [1.807, 2.05) is 48.5 Å². The van der Waals surface area contributed by atoms with Crippen LogP contribution in [0.2, 0.25) is 5.02 Å². The Morgan fingerprint density at radius 2 is 1.76 bits per heavy atom. The number of hydrogen-bond donors (Lipinski definition) is 0. The van der Waals surface area contributed by atoms with Crippen LogP contribution in [0.4, 0.5) is 0 Å². The molecule has 3 aromatic carbocycles. The number of Topliss-reactive ketones (excluding diaryl/α,β-unsaturated/α-hetero) is 1. The molecule has 29 heavy (non-hydrogen) atoms. The fraction of sp³-hybridized carbons (Fsp3) is 0.130. The molecule has 3 aromatic rings. The Morgan fingerprint density at radius 1 is 1.03 bits per heavy atom. The van der Waals surface area contributed by atoms with E-state index in [2.05, 4.69) is 15.9 Å². The number of para-hydroxylation sites is 1. The molecule has 0 N–H and O–H groups in total. The molecule has 2 heterocycles. The van der Waals surface area contributed by atoms with E-state index in [1.54, 1.807) is 29.3 Å². The van der Waals surface area contributed by atoms with Gasteiger partial charge in [-0.05, 0) is 48.0 Å². The van der Waals surface area contributed by atoms with Gasteiger partial charge in [0.05, 0.1) is 11.8 Å². The van der Waals surface area contributed by atoms with E-state index in [4.69, 9.17) is 21.4 Å². The number of nitrogens with zero attached hydrogens (tertiary/aromatic N) is 2. The van der Waals surface area contributed by atoms with Crippen molar-refractivity contribution in [2.24, 2.45) is 5.10 Å². The molecule has 2 aliphatic rings. The van der Waals surface area contributed by atoms with Crippen LogP contribution in [0.25, 0.3) is 0 Å². The first-order valence-electron chi connectivity index (χ1n) is 9.27. The first-order valence-corrected chi connectivity index (χ1v) is 10.4. The van der Waals surface area contributed by atoms with Crippen LogP contribution >= 0.6 is 27.5 Å². The highest BCUT2D eigenvalue weighted by atomic mass is 79.9. The lowest BCUT2D eigenvalue weighted by molar-refractivity contribution is -0.00455. The van der Waals surface area contributed by atoms with Crippen LogP contribution in [-0.2, 0) is 0 Å². The Labute approximate surface area is 181 Å². The Kier molecular flexibility index (Phi) is 4.64. The first kappa shape index (κ1) is 18.4. The van der Waals surface area contributed by atoms with Gasteiger partial charge in [-0.3, -0.25) is 4.79 Å². The number of rotatable bonds is 3. The van der Waals surface area contributed by atoms with Crippen LogP contribution in [0.3, 0.4) is 0 Å². The molecule has 0 saturated heterocycles. The summed E-state index contributed by atoms with van der Waals surface area (Å²) >= 11 is 9.45. The van der Waals surface area contributed by atoms with Crippen LogP contribution < -0.4 is 4.74 Å². The van der Waals surface area contributed by atoms with Crippen molar-refractivity contribution in [2.45, 2.75) is 18.7 Å². The molecule has 0 aliphatic carbocycles. The summed E-state index contributed by atoms with van der Waals surface area (Å²) in [7, 11) is 0. The van der Waals surface area contributed by atoms with Crippen molar-refractivity contribution in [2.75, 3.05) is 0 Å². The van der Waals surface area contributed by atoms with Crippen molar-refractivity contribution in [3.63, 3.8) is 0 Å². The highest BCUT2D eigenvalue weighted by Crippen LogP contribution is 2.43. The fourth-order valence-electron chi connectivity index (χ4n) is 3.78. The van der Waals surface area contributed by atoms with E-state index in [-0.39, 0.29) is 11.8 Å². The number of hydrogen-bond acceptors (Lipinski definition) is 4. The first-order chi connectivity index (χ1) is 14.1. The highest BCUT2D eigenvalue weighted by Gasteiger charge is 2.43. The highest BCUT2D eigenvalue weighted by molar-refractivity contribution is 9.10. The second kappa shape index (κ2) is 7.32. The average molecular weight is 468 g/mol. The largest absolute Gasteiger partial charge is 0.461 e. The number of fused-ring (bicyclic) bond motifs is 3. The van der Waals surface area contributed by atoms with Crippen molar-refractivity contribution in [1.82, 2.24) is 5.01 Å². The summed E-state index contributed by atoms with van der Waals surface area (Å²) in [5.74, 6) is 0.593. The van der Waals surface area contributed by atoms with Crippen molar-refractivity contribution in [3.05, 3.63) is 99.0 Å². The maximum absolute atomic E-state index is 13.3.